The smallest absolute Gasteiger partial charge is 0.137 e. The second-order valence-corrected chi connectivity index (χ2v) is 4.44. The lowest BCUT2D eigenvalue weighted by Crippen LogP contribution is -2.18. The summed E-state index contributed by atoms with van der Waals surface area (Å²) in [7, 11) is 0. The molecule has 0 bridgehead atoms. The van der Waals surface area contributed by atoms with Crippen molar-refractivity contribution in [3.05, 3.63) is 29.6 Å². The van der Waals surface area contributed by atoms with E-state index >= 15 is 0 Å². The van der Waals surface area contributed by atoms with Gasteiger partial charge in [0.15, 0.2) is 0 Å². The Bertz CT molecular complexity index is 402. The molecule has 0 saturated heterocycles. The number of hydrogen-bond donors (Lipinski definition) is 1. The maximum atomic E-state index is 13.5. The second-order valence-electron chi connectivity index (χ2n) is 4.00. The third-order valence-corrected chi connectivity index (χ3v) is 3.02. The highest BCUT2D eigenvalue weighted by atomic mass is 32.1. The van der Waals surface area contributed by atoms with Gasteiger partial charge in [-0.3, -0.25) is 0 Å². The summed E-state index contributed by atoms with van der Waals surface area (Å²) < 4.78 is 19.3. The third-order valence-electron chi connectivity index (χ3n) is 2.82. The van der Waals surface area contributed by atoms with Crippen molar-refractivity contribution in [2.75, 3.05) is 0 Å². The minimum absolute atomic E-state index is 0.0473. The first kappa shape index (κ1) is 11.3. The zero-order valence-electron chi connectivity index (χ0n) is 8.91. The molecule has 1 fully saturated rings. The maximum absolute atomic E-state index is 13.5. The molecular weight excluding hydrogens is 225 g/mol. The van der Waals surface area contributed by atoms with Crippen LogP contribution in [0, 0.1) is 5.82 Å². The Hall–Kier alpha value is -1.16. The summed E-state index contributed by atoms with van der Waals surface area (Å²) in [6.45, 7) is 0. The standard InChI is InChI=1S/C12H14FNOS/c13-9-6-3-7-10(11(9)12(14)16)15-8-4-1-2-5-8/h3,6-8H,1-2,4-5H2,(H2,14,16). The summed E-state index contributed by atoms with van der Waals surface area (Å²) >= 11 is 4.84. The molecule has 16 heavy (non-hydrogen) atoms. The van der Waals surface area contributed by atoms with Crippen LogP contribution in [0.15, 0.2) is 18.2 Å². The number of rotatable bonds is 3. The van der Waals surface area contributed by atoms with Crippen LogP contribution >= 0.6 is 12.2 Å². The van der Waals surface area contributed by atoms with Crippen LogP contribution in [-0.2, 0) is 0 Å². The van der Waals surface area contributed by atoms with Gasteiger partial charge in [0.2, 0.25) is 0 Å². The predicted molar refractivity (Wildman–Crippen MR) is 65.2 cm³/mol. The van der Waals surface area contributed by atoms with Gasteiger partial charge in [0, 0.05) is 0 Å². The highest BCUT2D eigenvalue weighted by Gasteiger charge is 2.20. The molecule has 0 heterocycles. The van der Waals surface area contributed by atoms with E-state index in [4.69, 9.17) is 22.7 Å². The van der Waals surface area contributed by atoms with Gasteiger partial charge in [0.1, 0.15) is 16.6 Å². The topological polar surface area (TPSA) is 35.2 Å². The van der Waals surface area contributed by atoms with E-state index in [1.165, 1.54) is 18.9 Å². The minimum atomic E-state index is -0.414. The van der Waals surface area contributed by atoms with Crippen molar-refractivity contribution in [2.24, 2.45) is 5.73 Å². The van der Waals surface area contributed by atoms with Gasteiger partial charge in [0.25, 0.3) is 0 Å². The lowest BCUT2D eigenvalue weighted by atomic mass is 10.2. The molecular formula is C12H14FNOS. The van der Waals surface area contributed by atoms with Gasteiger partial charge >= 0.3 is 0 Å². The van der Waals surface area contributed by atoms with Crippen LogP contribution in [0.3, 0.4) is 0 Å². The second kappa shape index (κ2) is 4.78. The summed E-state index contributed by atoms with van der Waals surface area (Å²) in [6.07, 6.45) is 4.56. The largest absolute Gasteiger partial charge is 0.490 e. The summed E-state index contributed by atoms with van der Waals surface area (Å²) in [5.74, 6) is 0.0578. The summed E-state index contributed by atoms with van der Waals surface area (Å²) in [5, 5.41) is 0. The van der Waals surface area contributed by atoms with Crippen LogP contribution in [0.2, 0.25) is 0 Å². The molecule has 0 atom stereocenters. The molecule has 0 spiro atoms. The Morgan fingerprint density at radius 3 is 2.69 bits per heavy atom. The van der Waals surface area contributed by atoms with Crippen LogP contribution in [0.4, 0.5) is 4.39 Å². The highest BCUT2D eigenvalue weighted by Crippen LogP contribution is 2.27. The molecule has 1 aliphatic rings. The fourth-order valence-corrected chi connectivity index (χ4v) is 2.23. The number of nitrogens with two attached hydrogens (primary N) is 1. The fourth-order valence-electron chi connectivity index (χ4n) is 2.03. The molecule has 2 rings (SSSR count). The first-order chi connectivity index (χ1) is 7.68. The van der Waals surface area contributed by atoms with Crippen molar-refractivity contribution in [1.29, 1.82) is 0 Å². The van der Waals surface area contributed by atoms with E-state index in [0.717, 1.165) is 12.8 Å². The number of thiocarbonyl (C=S) groups is 1. The van der Waals surface area contributed by atoms with Gasteiger partial charge in [-0.2, -0.15) is 0 Å². The van der Waals surface area contributed by atoms with Crippen molar-refractivity contribution in [3.8, 4) is 5.75 Å². The van der Waals surface area contributed by atoms with Gasteiger partial charge in [-0.1, -0.05) is 18.3 Å². The van der Waals surface area contributed by atoms with Crippen LogP contribution < -0.4 is 10.5 Å². The lowest BCUT2D eigenvalue weighted by Gasteiger charge is -2.16. The van der Waals surface area contributed by atoms with Crippen molar-refractivity contribution in [1.82, 2.24) is 0 Å². The molecule has 1 aromatic rings. The molecule has 2 nitrogen and oxygen atoms in total. The summed E-state index contributed by atoms with van der Waals surface area (Å²) in [4.78, 5) is 0.0473. The first-order valence-corrected chi connectivity index (χ1v) is 5.84. The fraction of sp³-hybridized carbons (Fsp3) is 0.417. The van der Waals surface area contributed by atoms with Crippen molar-refractivity contribution < 1.29 is 9.13 Å². The molecule has 1 saturated carbocycles. The molecule has 1 aliphatic carbocycles. The zero-order chi connectivity index (χ0) is 11.5. The average Bonchev–Trinajstić information content (AvgIpc) is 2.70. The predicted octanol–water partition coefficient (Wildman–Crippen LogP) is 2.78. The van der Waals surface area contributed by atoms with E-state index in [-0.39, 0.29) is 16.7 Å². The Labute approximate surface area is 99.6 Å². The van der Waals surface area contributed by atoms with E-state index < -0.39 is 5.82 Å². The minimum Gasteiger partial charge on any atom is -0.490 e. The normalized spacial score (nSPS) is 16.3. The van der Waals surface area contributed by atoms with E-state index in [1.54, 1.807) is 12.1 Å². The van der Waals surface area contributed by atoms with Gasteiger partial charge < -0.3 is 10.5 Å². The Morgan fingerprint density at radius 2 is 2.06 bits per heavy atom. The number of ether oxygens (including phenoxy) is 1. The zero-order valence-corrected chi connectivity index (χ0v) is 9.73. The van der Waals surface area contributed by atoms with Crippen molar-refractivity contribution >= 4 is 17.2 Å². The van der Waals surface area contributed by atoms with Crippen LogP contribution in [-0.4, -0.2) is 11.1 Å². The molecule has 4 heteroatoms. The number of benzene rings is 1. The van der Waals surface area contributed by atoms with E-state index in [1.807, 2.05) is 0 Å². The third kappa shape index (κ3) is 2.32. The van der Waals surface area contributed by atoms with Crippen molar-refractivity contribution in [3.63, 3.8) is 0 Å². The average molecular weight is 239 g/mol. The lowest BCUT2D eigenvalue weighted by molar-refractivity contribution is 0.209. The van der Waals surface area contributed by atoms with Crippen LogP contribution in [0.5, 0.6) is 5.75 Å². The van der Waals surface area contributed by atoms with Gasteiger partial charge in [-0.15, -0.1) is 0 Å². The van der Waals surface area contributed by atoms with Gasteiger partial charge in [-0.05, 0) is 37.8 Å². The van der Waals surface area contributed by atoms with E-state index in [9.17, 15) is 4.39 Å². The summed E-state index contributed by atoms with van der Waals surface area (Å²) in [5.41, 5.74) is 5.73. The molecule has 0 aliphatic heterocycles. The van der Waals surface area contributed by atoms with Crippen LogP contribution in [0.1, 0.15) is 31.2 Å². The monoisotopic (exact) mass is 239 g/mol. The molecule has 0 aromatic heterocycles. The SMILES string of the molecule is NC(=S)c1c(F)cccc1OC1CCCC1. The highest BCUT2D eigenvalue weighted by molar-refractivity contribution is 7.80. The maximum Gasteiger partial charge on any atom is 0.137 e. The van der Waals surface area contributed by atoms with Crippen molar-refractivity contribution in [2.45, 2.75) is 31.8 Å². The summed E-state index contributed by atoms with van der Waals surface area (Å²) in [6, 6.07) is 4.67. The molecule has 0 radical (unpaired) electrons. The Morgan fingerprint density at radius 1 is 1.38 bits per heavy atom. The Kier molecular flexibility index (Phi) is 3.39. The number of halogens is 1. The molecule has 1 aromatic carbocycles. The number of hydrogen-bond acceptors (Lipinski definition) is 2. The van der Waals surface area contributed by atoms with E-state index in [2.05, 4.69) is 0 Å². The van der Waals surface area contributed by atoms with Gasteiger partial charge in [0.05, 0.1) is 11.7 Å². The van der Waals surface area contributed by atoms with Gasteiger partial charge in [-0.25, -0.2) is 4.39 Å². The van der Waals surface area contributed by atoms with E-state index in [0.29, 0.717) is 5.75 Å². The molecule has 86 valence electrons. The first-order valence-electron chi connectivity index (χ1n) is 5.43. The quantitative estimate of drug-likeness (QED) is 0.824. The molecule has 0 amide bonds. The molecule has 0 unspecified atom stereocenters. The molecule has 2 N–H and O–H groups in total. The Balaban J connectivity index is 2.25. The van der Waals surface area contributed by atoms with Crippen LogP contribution in [0.25, 0.3) is 0 Å².